The number of aryl methyl sites for hydroxylation is 1. The number of hydrogen-bond acceptors (Lipinski definition) is 2. The fraction of sp³-hybridized carbons (Fsp3) is 0.333. The van der Waals surface area contributed by atoms with E-state index in [-0.39, 0.29) is 12.2 Å². The molecule has 0 aliphatic heterocycles. The van der Waals surface area contributed by atoms with Gasteiger partial charge in [-0.25, -0.2) is 4.79 Å². The Morgan fingerprint density at radius 3 is 2.68 bits per heavy atom. The summed E-state index contributed by atoms with van der Waals surface area (Å²) in [5.74, 6) is -0.605. The molecule has 0 atom stereocenters. The Morgan fingerprint density at radius 1 is 1.47 bits per heavy atom. The van der Waals surface area contributed by atoms with Crippen molar-refractivity contribution in [2.45, 2.75) is 33.2 Å². The smallest absolute Gasteiger partial charge is 0.352 e. The summed E-state index contributed by atoms with van der Waals surface area (Å²) in [5, 5.41) is 19.1. The minimum atomic E-state index is -0.991. The largest absolute Gasteiger partial charge is 0.477 e. The predicted octanol–water partition coefficient (Wildman–Crippen LogP) is 3.29. The molecular weight excluding hydrogens is 240 g/mol. The molecule has 0 spiro atoms. The molecule has 0 aliphatic carbocycles. The van der Waals surface area contributed by atoms with E-state index in [4.69, 9.17) is 5.26 Å². The minimum Gasteiger partial charge on any atom is -0.477 e. The van der Waals surface area contributed by atoms with Crippen LogP contribution in [-0.4, -0.2) is 15.6 Å². The van der Waals surface area contributed by atoms with Gasteiger partial charge in [-0.05, 0) is 36.1 Å². The molecule has 0 saturated carbocycles. The van der Waals surface area contributed by atoms with Gasteiger partial charge in [-0.1, -0.05) is 19.9 Å². The molecular formula is C15H16N2O2. The first-order valence-corrected chi connectivity index (χ1v) is 6.20. The first-order chi connectivity index (χ1) is 8.97. The van der Waals surface area contributed by atoms with E-state index in [1.54, 1.807) is 11.5 Å². The van der Waals surface area contributed by atoms with Crippen molar-refractivity contribution < 1.29 is 9.90 Å². The summed E-state index contributed by atoms with van der Waals surface area (Å²) in [6.07, 6.45) is 0. The average Bonchev–Trinajstić information content (AvgIpc) is 2.63. The lowest BCUT2D eigenvalue weighted by Crippen LogP contribution is -2.08. The highest BCUT2D eigenvalue weighted by Crippen LogP contribution is 2.29. The van der Waals surface area contributed by atoms with Crippen LogP contribution in [0.4, 0.5) is 0 Å². The molecule has 0 radical (unpaired) electrons. The topological polar surface area (TPSA) is 66.0 Å². The van der Waals surface area contributed by atoms with Crippen LogP contribution >= 0.6 is 0 Å². The maximum atomic E-state index is 11.4. The Balaban J connectivity index is 2.81. The lowest BCUT2D eigenvalue weighted by atomic mass is 10.0. The maximum absolute atomic E-state index is 11.4. The van der Waals surface area contributed by atoms with Crippen LogP contribution in [0.25, 0.3) is 10.9 Å². The SMILES string of the molecule is Cc1c(C(=O)O)n(CC#N)c2ccc(C(C)C)cc12. The standard InChI is InChI=1S/C15H16N2O2/c1-9(2)11-4-5-13-12(8-11)10(3)14(15(18)19)17(13)7-6-16/h4-5,8-9H,7H2,1-3H3,(H,18,19). The van der Waals surface area contributed by atoms with E-state index in [0.29, 0.717) is 5.92 Å². The fourth-order valence-electron chi connectivity index (χ4n) is 2.41. The van der Waals surface area contributed by atoms with Gasteiger partial charge in [0, 0.05) is 10.9 Å². The third kappa shape index (κ3) is 2.08. The van der Waals surface area contributed by atoms with E-state index in [1.165, 1.54) is 5.56 Å². The summed E-state index contributed by atoms with van der Waals surface area (Å²) in [4.78, 5) is 11.4. The summed E-state index contributed by atoms with van der Waals surface area (Å²) >= 11 is 0. The normalized spacial score (nSPS) is 10.9. The van der Waals surface area contributed by atoms with Gasteiger partial charge in [-0.3, -0.25) is 0 Å². The van der Waals surface area contributed by atoms with Crippen LogP contribution in [0.3, 0.4) is 0 Å². The van der Waals surface area contributed by atoms with Crippen LogP contribution in [0.1, 0.15) is 41.4 Å². The number of fused-ring (bicyclic) bond motifs is 1. The molecule has 98 valence electrons. The zero-order valence-electron chi connectivity index (χ0n) is 11.3. The molecule has 4 heteroatoms. The second kappa shape index (κ2) is 4.77. The Labute approximate surface area is 111 Å². The van der Waals surface area contributed by atoms with Gasteiger partial charge >= 0.3 is 5.97 Å². The molecule has 1 aromatic heterocycles. The van der Waals surface area contributed by atoms with Gasteiger partial charge in [0.05, 0.1) is 6.07 Å². The van der Waals surface area contributed by atoms with Crippen molar-refractivity contribution in [3.05, 3.63) is 35.0 Å². The van der Waals surface area contributed by atoms with E-state index in [0.717, 1.165) is 16.5 Å². The number of aromatic carboxylic acids is 1. The molecule has 1 aromatic carbocycles. The number of carboxylic acids is 1. The quantitative estimate of drug-likeness (QED) is 0.916. The van der Waals surface area contributed by atoms with Gasteiger partial charge in [0.2, 0.25) is 0 Å². The highest BCUT2D eigenvalue weighted by molar-refractivity contribution is 5.98. The number of hydrogen-bond donors (Lipinski definition) is 1. The number of carboxylic acid groups (broad SMARTS) is 1. The Bertz CT molecular complexity index is 690. The van der Waals surface area contributed by atoms with Crippen LogP contribution in [0.15, 0.2) is 18.2 Å². The summed E-state index contributed by atoms with van der Waals surface area (Å²) in [6, 6.07) is 7.94. The van der Waals surface area contributed by atoms with Gasteiger partial charge in [0.25, 0.3) is 0 Å². The van der Waals surface area contributed by atoms with Gasteiger partial charge < -0.3 is 9.67 Å². The van der Waals surface area contributed by atoms with E-state index < -0.39 is 5.97 Å². The zero-order valence-corrected chi connectivity index (χ0v) is 11.3. The van der Waals surface area contributed by atoms with Gasteiger partial charge in [0.1, 0.15) is 12.2 Å². The van der Waals surface area contributed by atoms with Crippen LogP contribution < -0.4 is 0 Å². The molecule has 2 rings (SSSR count). The molecule has 0 saturated heterocycles. The number of benzene rings is 1. The molecule has 0 bridgehead atoms. The van der Waals surface area contributed by atoms with Crippen molar-refractivity contribution in [1.82, 2.24) is 4.57 Å². The number of carbonyl (C=O) groups is 1. The second-order valence-electron chi connectivity index (χ2n) is 4.95. The molecule has 2 aromatic rings. The molecule has 4 nitrogen and oxygen atoms in total. The summed E-state index contributed by atoms with van der Waals surface area (Å²) in [6.45, 7) is 6.04. The van der Waals surface area contributed by atoms with Crippen molar-refractivity contribution in [3.63, 3.8) is 0 Å². The number of nitriles is 1. The second-order valence-corrected chi connectivity index (χ2v) is 4.95. The zero-order chi connectivity index (χ0) is 14.2. The average molecular weight is 256 g/mol. The maximum Gasteiger partial charge on any atom is 0.352 e. The van der Waals surface area contributed by atoms with Crippen molar-refractivity contribution >= 4 is 16.9 Å². The Hall–Kier alpha value is -2.28. The van der Waals surface area contributed by atoms with Crippen LogP contribution in [0.2, 0.25) is 0 Å². The highest BCUT2D eigenvalue weighted by Gasteiger charge is 2.19. The molecule has 1 N–H and O–H groups in total. The number of nitrogens with zero attached hydrogens (tertiary/aromatic N) is 2. The molecule has 19 heavy (non-hydrogen) atoms. The number of aromatic nitrogens is 1. The summed E-state index contributed by atoms with van der Waals surface area (Å²) < 4.78 is 1.57. The van der Waals surface area contributed by atoms with Crippen molar-refractivity contribution in [3.8, 4) is 6.07 Å². The molecule has 0 fully saturated rings. The van der Waals surface area contributed by atoms with Gasteiger partial charge in [0.15, 0.2) is 0 Å². The Kier molecular flexibility index (Phi) is 3.30. The predicted molar refractivity (Wildman–Crippen MR) is 73.3 cm³/mol. The van der Waals surface area contributed by atoms with Crippen molar-refractivity contribution in [2.24, 2.45) is 0 Å². The summed E-state index contributed by atoms with van der Waals surface area (Å²) in [5.41, 5.74) is 2.90. The van der Waals surface area contributed by atoms with Crippen LogP contribution in [0, 0.1) is 18.3 Å². The molecule has 0 amide bonds. The van der Waals surface area contributed by atoms with E-state index in [2.05, 4.69) is 13.8 Å². The van der Waals surface area contributed by atoms with Gasteiger partial charge in [-0.15, -0.1) is 0 Å². The third-order valence-electron chi connectivity index (χ3n) is 3.44. The molecule has 0 unspecified atom stereocenters. The van der Waals surface area contributed by atoms with Crippen molar-refractivity contribution in [1.29, 1.82) is 5.26 Å². The fourth-order valence-corrected chi connectivity index (χ4v) is 2.41. The van der Waals surface area contributed by atoms with Crippen molar-refractivity contribution in [2.75, 3.05) is 0 Å². The Morgan fingerprint density at radius 2 is 2.16 bits per heavy atom. The van der Waals surface area contributed by atoms with Crippen LogP contribution in [0.5, 0.6) is 0 Å². The molecule has 0 aliphatic rings. The van der Waals surface area contributed by atoms with E-state index in [1.807, 2.05) is 24.3 Å². The molecule has 1 heterocycles. The van der Waals surface area contributed by atoms with Gasteiger partial charge in [-0.2, -0.15) is 5.26 Å². The number of rotatable bonds is 3. The van der Waals surface area contributed by atoms with E-state index in [9.17, 15) is 9.90 Å². The minimum absolute atomic E-state index is 0.0486. The monoisotopic (exact) mass is 256 g/mol. The third-order valence-corrected chi connectivity index (χ3v) is 3.44. The van der Waals surface area contributed by atoms with Crippen LogP contribution in [-0.2, 0) is 6.54 Å². The first kappa shape index (κ1) is 13.2. The lowest BCUT2D eigenvalue weighted by Gasteiger charge is -2.06. The van der Waals surface area contributed by atoms with E-state index >= 15 is 0 Å². The first-order valence-electron chi connectivity index (χ1n) is 6.20. The highest BCUT2D eigenvalue weighted by atomic mass is 16.4. The lowest BCUT2D eigenvalue weighted by molar-refractivity contribution is 0.0685. The summed E-state index contributed by atoms with van der Waals surface area (Å²) in [7, 11) is 0.